The van der Waals surface area contributed by atoms with Gasteiger partial charge in [0, 0.05) is 23.1 Å². The number of halogens is 1. The van der Waals surface area contributed by atoms with Gasteiger partial charge in [0.1, 0.15) is 0 Å². The predicted molar refractivity (Wildman–Crippen MR) is 81.7 cm³/mol. The van der Waals surface area contributed by atoms with E-state index in [4.69, 9.17) is 11.6 Å². The van der Waals surface area contributed by atoms with Crippen LogP contribution in [-0.2, 0) is 4.79 Å². The van der Waals surface area contributed by atoms with Gasteiger partial charge in [-0.2, -0.15) is 0 Å². The van der Waals surface area contributed by atoms with Gasteiger partial charge in [-0.05, 0) is 37.3 Å². The van der Waals surface area contributed by atoms with Crippen molar-refractivity contribution < 1.29 is 4.79 Å². The second-order valence-electron chi connectivity index (χ2n) is 5.21. The van der Waals surface area contributed by atoms with Crippen LogP contribution in [0.3, 0.4) is 0 Å². The highest BCUT2D eigenvalue weighted by Crippen LogP contribution is 2.27. The zero-order valence-electron chi connectivity index (χ0n) is 11.2. The summed E-state index contributed by atoms with van der Waals surface area (Å²) in [5.74, 6) is 1.69. The Morgan fingerprint density at radius 2 is 2.21 bits per heavy atom. The number of benzene rings is 1. The molecule has 0 aliphatic heterocycles. The Bertz CT molecular complexity index is 438. The molecule has 1 fully saturated rings. The average Bonchev–Trinajstić information content (AvgIpc) is 2.77. The fourth-order valence-electron chi connectivity index (χ4n) is 2.45. The van der Waals surface area contributed by atoms with Crippen LogP contribution in [0.4, 0.5) is 0 Å². The Morgan fingerprint density at radius 3 is 2.89 bits per heavy atom. The standard InChI is InChI=1S/C15H20ClNOS/c1-11-6-7-12(10-11)17-15(18)8-9-19-14-5-3-2-4-13(14)16/h2-5,11-12H,6-10H2,1H3,(H,17,18). The topological polar surface area (TPSA) is 29.1 Å². The number of thioether (sulfide) groups is 1. The summed E-state index contributed by atoms with van der Waals surface area (Å²) in [4.78, 5) is 12.9. The molecule has 0 aromatic heterocycles. The monoisotopic (exact) mass is 297 g/mol. The van der Waals surface area contributed by atoms with E-state index in [1.165, 1.54) is 6.42 Å². The largest absolute Gasteiger partial charge is 0.353 e. The van der Waals surface area contributed by atoms with Crippen LogP contribution in [0.1, 0.15) is 32.6 Å². The fraction of sp³-hybridized carbons (Fsp3) is 0.533. The molecule has 0 bridgehead atoms. The molecule has 1 aliphatic rings. The number of rotatable bonds is 5. The third kappa shape index (κ3) is 4.73. The maximum atomic E-state index is 11.8. The van der Waals surface area contributed by atoms with E-state index in [-0.39, 0.29) is 5.91 Å². The van der Waals surface area contributed by atoms with Crippen LogP contribution >= 0.6 is 23.4 Å². The van der Waals surface area contributed by atoms with E-state index < -0.39 is 0 Å². The number of hydrogen-bond acceptors (Lipinski definition) is 2. The highest BCUT2D eigenvalue weighted by atomic mass is 35.5. The van der Waals surface area contributed by atoms with Crippen molar-refractivity contribution in [1.29, 1.82) is 0 Å². The van der Waals surface area contributed by atoms with Crippen LogP contribution in [0, 0.1) is 5.92 Å². The van der Waals surface area contributed by atoms with E-state index in [1.807, 2.05) is 24.3 Å². The molecular formula is C15H20ClNOS. The van der Waals surface area contributed by atoms with Crippen molar-refractivity contribution in [2.24, 2.45) is 5.92 Å². The molecule has 2 rings (SSSR count). The third-order valence-electron chi connectivity index (χ3n) is 3.48. The second kappa shape index (κ2) is 7.20. The van der Waals surface area contributed by atoms with E-state index in [0.29, 0.717) is 12.5 Å². The molecular weight excluding hydrogens is 278 g/mol. The van der Waals surface area contributed by atoms with E-state index in [2.05, 4.69) is 12.2 Å². The lowest BCUT2D eigenvalue weighted by atomic mass is 10.1. The first-order valence-corrected chi connectivity index (χ1v) is 8.18. The summed E-state index contributed by atoms with van der Waals surface area (Å²) in [6, 6.07) is 8.15. The lowest BCUT2D eigenvalue weighted by molar-refractivity contribution is -0.121. The quantitative estimate of drug-likeness (QED) is 0.828. The molecule has 2 nitrogen and oxygen atoms in total. The number of amides is 1. The minimum absolute atomic E-state index is 0.165. The normalized spacial score (nSPS) is 22.4. The lowest BCUT2D eigenvalue weighted by Gasteiger charge is -2.12. The number of nitrogens with one attached hydrogen (secondary N) is 1. The smallest absolute Gasteiger partial charge is 0.221 e. The summed E-state index contributed by atoms with van der Waals surface area (Å²) in [6.45, 7) is 2.25. The second-order valence-corrected chi connectivity index (χ2v) is 6.76. The first-order chi connectivity index (χ1) is 9.15. The van der Waals surface area contributed by atoms with Gasteiger partial charge in [-0.15, -0.1) is 11.8 Å². The van der Waals surface area contributed by atoms with Gasteiger partial charge in [-0.3, -0.25) is 4.79 Å². The van der Waals surface area contributed by atoms with E-state index >= 15 is 0 Å². The third-order valence-corrected chi connectivity index (χ3v) is 5.00. The Labute approximate surface area is 124 Å². The molecule has 4 heteroatoms. The molecule has 1 amide bonds. The molecule has 19 heavy (non-hydrogen) atoms. The van der Waals surface area contributed by atoms with Gasteiger partial charge in [-0.25, -0.2) is 0 Å². The number of carbonyl (C=O) groups is 1. The molecule has 0 heterocycles. The van der Waals surface area contributed by atoms with Crippen molar-refractivity contribution in [2.75, 3.05) is 5.75 Å². The van der Waals surface area contributed by atoms with Crippen molar-refractivity contribution >= 4 is 29.3 Å². The van der Waals surface area contributed by atoms with Crippen molar-refractivity contribution in [3.05, 3.63) is 29.3 Å². The van der Waals surface area contributed by atoms with Crippen LogP contribution < -0.4 is 5.32 Å². The van der Waals surface area contributed by atoms with Gasteiger partial charge in [0.05, 0.1) is 5.02 Å². The van der Waals surface area contributed by atoms with Crippen LogP contribution in [-0.4, -0.2) is 17.7 Å². The van der Waals surface area contributed by atoms with Crippen LogP contribution in [0.15, 0.2) is 29.2 Å². The van der Waals surface area contributed by atoms with Crippen LogP contribution in [0.2, 0.25) is 5.02 Å². The highest BCUT2D eigenvalue weighted by molar-refractivity contribution is 7.99. The Morgan fingerprint density at radius 1 is 1.42 bits per heavy atom. The van der Waals surface area contributed by atoms with Gasteiger partial charge in [0.15, 0.2) is 0 Å². The molecule has 1 aromatic rings. The van der Waals surface area contributed by atoms with Crippen molar-refractivity contribution in [1.82, 2.24) is 5.32 Å². The Balaban J connectivity index is 1.68. The van der Waals surface area contributed by atoms with Crippen molar-refractivity contribution in [2.45, 2.75) is 43.5 Å². The summed E-state index contributed by atoms with van der Waals surface area (Å²) in [5, 5.41) is 3.89. The fourth-order valence-corrected chi connectivity index (χ4v) is 3.64. The Hall–Kier alpha value is -0.670. The molecule has 1 saturated carbocycles. The maximum Gasteiger partial charge on any atom is 0.221 e. The van der Waals surface area contributed by atoms with E-state index in [9.17, 15) is 4.79 Å². The molecule has 104 valence electrons. The summed E-state index contributed by atoms with van der Waals surface area (Å²) in [6.07, 6.45) is 4.05. The molecule has 2 unspecified atom stereocenters. The molecule has 1 aromatic carbocycles. The van der Waals surface area contributed by atoms with Gasteiger partial charge in [-0.1, -0.05) is 30.7 Å². The SMILES string of the molecule is CC1CCC(NC(=O)CCSc2ccccc2Cl)C1. The molecule has 1 N–H and O–H groups in total. The molecule has 0 saturated heterocycles. The number of carbonyl (C=O) groups excluding carboxylic acids is 1. The van der Waals surface area contributed by atoms with E-state index in [1.54, 1.807) is 11.8 Å². The van der Waals surface area contributed by atoms with Crippen LogP contribution in [0.25, 0.3) is 0 Å². The highest BCUT2D eigenvalue weighted by Gasteiger charge is 2.22. The van der Waals surface area contributed by atoms with Crippen LogP contribution in [0.5, 0.6) is 0 Å². The molecule has 0 spiro atoms. The minimum atomic E-state index is 0.165. The summed E-state index contributed by atoms with van der Waals surface area (Å²) < 4.78 is 0. The van der Waals surface area contributed by atoms with E-state index in [0.717, 1.165) is 34.4 Å². The first-order valence-electron chi connectivity index (χ1n) is 6.82. The maximum absolute atomic E-state index is 11.8. The summed E-state index contributed by atoms with van der Waals surface area (Å²) in [5.41, 5.74) is 0. The summed E-state index contributed by atoms with van der Waals surface area (Å²) >= 11 is 7.71. The van der Waals surface area contributed by atoms with Crippen molar-refractivity contribution in [3.63, 3.8) is 0 Å². The lowest BCUT2D eigenvalue weighted by Crippen LogP contribution is -2.33. The van der Waals surface area contributed by atoms with Gasteiger partial charge < -0.3 is 5.32 Å². The predicted octanol–water partition coefficient (Wildman–Crippen LogP) is 4.13. The molecule has 2 atom stereocenters. The molecule has 0 radical (unpaired) electrons. The van der Waals surface area contributed by atoms with Gasteiger partial charge in [0.25, 0.3) is 0 Å². The zero-order chi connectivity index (χ0) is 13.7. The summed E-state index contributed by atoms with van der Waals surface area (Å²) in [7, 11) is 0. The van der Waals surface area contributed by atoms with Gasteiger partial charge in [0.2, 0.25) is 5.91 Å². The first kappa shape index (κ1) is 14.7. The Kier molecular flexibility index (Phi) is 5.59. The van der Waals surface area contributed by atoms with Gasteiger partial charge >= 0.3 is 0 Å². The zero-order valence-corrected chi connectivity index (χ0v) is 12.8. The average molecular weight is 298 g/mol. The van der Waals surface area contributed by atoms with Crippen molar-refractivity contribution in [3.8, 4) is 0 Å². The minimum Gasteiger partial charge on any atom is -0.353 e. The molecule has 1 aliphatic carbocycles. The number of hydrogen-bond donors (Lipinski definition) is 1.